The molecule has 0 saturated heterocycles. The third kappa shape index (κ3) is 2.29. The van der Waals surface area contributed by atoms with Gasteiger partial charge in [-0.05, 0) is 12.8 Å². The topological polar surface area (TPSA) is 81.6 Å². The molecule has 0 radical (unpaired) electrons. The van der Waals surface area contributed by atoms with E-state index in [2.05, 4.69) is 15.3 Å². The van der Waals surface area contributed by atoms with E-state index in [9.17, 15) is 4.79 Å². The molecule has 16 heavy (non-hydrogen) atoms. The van der Waals surface area contributed by atoms with Gasteiger partial charge in [0.25, 0.3) is 5.56 Å². The quantitative estimate of drug-likeness (QED) is 0.675. The molecule has 5 heteroatoms. The van der Waals surface area contributed by atoms with Crippen LogP contribution in [0.5, 0.6) is 0 Å². The van der Waals surface area contributed by atoms with Gasteiger partial charge >= 0.3 is 0 Å². The maximum Gasteiger partial charge on any atom is 0.261 e. The Balaban J connectivity index is 2.16. The number of rotatable bonds is 3. The van der Waals surface area contributed by atoms with Crippen LogP contribution in [-0.2, 0) is 0 Å². The van der Waals surface area contributed by atoms with Crippen LogP contribution in [0.4, 0.5) is 5.82 Å². The van der Waals surface area contributed by atoms with Gasteiger partial charge in [-0.1, -0.05) is 19.3 Å². The van der Waals surface area contributed by atoms with Crippen molar-refractivity contribution >= 4 is 12.0 Å². The molecule has 1 saturated carbocycles. The molecule has 0 atom stereocenters. The van der Waals surface area contributed by atoms with E-state index in [1.165, 1.54) is 25.6 Å². The van der Waals surface area contributed by atoms with E-state index in [-0.39, 0.29) is 5.56 Å². The number of nitrogens with one attached hydrogen (secondary N) is 3. The highest BCUT2D eigenvalue weighted by Gasteiger charge is 2.15. The Hall–Kier alpha value is -1.65. The van der Waals surface area contributed by atoms with Gasteiger partial charge in [0.1, 0.15) is 5.82 Å². The fraction of sp³-hybridized carbons (Fsp3) is 0.545. The highest BCUT2D eigenvalue weighted by Crippen LogP contribution is 2.20. The lowest BCUT2D eigenvalue weighted by Crippen LogP contribution is -2.26. The first-order valence-electron chi connectivity index (χ1n) is 5.66. The Labute approximate surface area is 93.8 Å². The Kier molecular flexibility index (Phi) is 3.34. The summed E-state index contributed by atoms with van der Waals surface area (Å²) in [6, 6.07) is 0.391. The molecule has 0 spiro atoms. The van der Waals surface area contributed by atoms with Crippen molar-refractivity contribution in [1.29, 1.82) is 5.41 Å². The molecule has 1 heterocycles. The average molecular weight is 220 g/mol. The largest absolute Gasteiger partial charge is 0.367 e. The van der Waals surface area contributed by atoms with E-state index in [0.29, 0.717) is 17.4 Å². The van der Waals surface area contributed by atoms with Gasteiger partial charge in [-0.2, -0.15) is 0 Å². The van der Waals surface area contributed by atoms with Gasteiger partial charge in [0, 0.05) is 12.3 Å². The molecule has 1 fully saturated rings. The van der Waals surface area contributed by atoms with Gasteiger partial charge < -0.3 is 15.7 Å². The first-order chi connectivity index (χ1) is 7.81. The van der Waals surface area contributed by atoms with Crippen LogP contribution < -0.4 is 10.9 Å². The molecular formula is C11H16N4O. The maximum absolute atomic E-state index is 11.4. The second kappa shape index (κ2) is 4.92. The van der Waals surface area contributed by atoms with Gasteiger partial charge in [0.15, 0.2) is 0 Å². The highest BCUT2D eigenvalue weighted by molar-refractivity contribution is 5.83. The number of aromatic nitrogens is 2. The van der Waals surface area contributed by atoms with Crippen molar-refractivity contribution in [2.45, 2.75) is 38.1 Å². The summed E-state index contributed by atoms with van der Waals surface area (Å²) >= 11 is 0. The molecule has 1 aliphatic carbocycles. The third-order valence-corrected chi connectivity index (χ3v) is 2.98. The number of hydrogen-bond acceptors (Lipinski definition) is 4. The molecular weight excluding hydrogens is 204 g/mol. The van der Waals surface area contributed by atoms with E-state index in [1.807, 2.05) is 0 Å². The standard InChI is InChI=1S/C11H16N4O/c12-6-9-10(13-7-14-11(9)16)15-8-4-2-1-3-5-8/h6-8,12H,1-5H2,(H2,13,14,15,16). The summed E-state index contributed by atoms with van der Waals surface area (Å²) in [5, 5.41) is 10.5. The van der Waals surface area contributed by atoms with Crippen molar-refractivity contribution < 1.29 is 0 Å². The molecule has 1 aromatic heterocycles. The van der Waals surface area contributed by atoms with E-state index in [0.717, 1.165) is 19.1 Å². The number of H-pyrrole nitrogens is 1. The van der Waals surface area contributed by atoms with Crippen LogP contribution in [0.3, 0.4) is 0 Å². The van der Waals surface area contributed by atoms with Crippen LogP contribution in [-0.4, -0.2) is 22.2 Å². The number of hydrogen-bond donors (Lipinski definition) is 3. The molecule has 2 rings (SSSR count). The average Bonchev–Trinajstić information content (AvgIpc) is 2.31. The molecule has 5 nitrogen and oxygen atoms in total. The van der Waals surface area contributed by atoms with Crippen molar-refractivity contribution in [3.05, 3.63) is 22.2 Å². The Morgan fingerprint density at radius 1 is 1.44 bits per heavy atom. The minimum atomic E-state index is -0.261. The van der Waals surface area contributed by atoms with Gasteiger partial charge in [0.05, 0.1) is 11.9 Å². The molecule has 0 amide bonds. The van der Waals surface area contributed by atoms with E-state index in [1.54, 1.807) is 0 Å². The summed E-state index contributed by atoms with van der Waals surface area (Å²) in [5.41, 5.74) is 0.0522. The molecule has 86 valence electrons. The Morgan fingerprint density at radius 2 is 2.19 bits per heavy atom. The minimum absolute atomic E-state index is 0.261. The summed E-state index contributed by atoms with van der Waals surface area (Å²) in [6.07, 6.45) is 8.40. The van der Waals surface area contributed by atoms with Crippen LogP contribution in [0, 0.1) is 5.41 Å². The van der Waals surface area contributed by atoms with Crippen molar-refractivity contribution in [2.24, 2.45) is 0 Å². The van der Waals surface area contributed by atoms with Crippen molar-refractivity contribution in [1.82, 2.24) is 9.97 Å². The van der Waals surface area contributed by atoms with Crippen molar-refractivity contribution in [2.75, 3.05) is 5.32 Å². The molecule has 1 aromatic rings. The predicted octanol–water partition coefficient (Wildman–Crippen LogP) is 1.51. The lowest BCUT2D eigenvalue weighted by molar-refractivity contribution is 0.461. The van der Waals surface area contributed by atoms with E-state index in [4.69, 9.17) is 5.41 Å². The van der Waals surface area contributed by atoms with Crippen LogP contribution in [0.15, 0.2) is 11.1 Å². The molecule has 3 N–H and O–H groups in total. The third-order valence-electron chi connectivity index (χ3n) is 2.98. The lowest BCUT2D eigenvalue weighted by atomic mass is 9.95. The lowest BCUT2D eigenvalue weighted by Gasteiger charge is -2.23. The minimum Gasteiger partial charge on any atom is -0.367 e. The smallest absolute Gasteiger partial charge is 0.261 e. The second-order valence-electron chi connectivity index (χ2n) is 4.12. The zero-order valence-electron chi connectivity index (χ0n) is 9.12. The molecule has 0 bridgehead atoms. The first kappa shape index (κ1) is 10.9. The molecule has 0 aliphatic heterocycles. The van der Waals surface area contributed by atoms with Gasteiger partial charge in [-0.15, -0.1) is 0 Å². The fourth-order valence-corrected chi connectivity index (χ4v) is 2.10. The zero-order chi connectivity index (χ0) is 11.4. The van der Waals surface area contributed by atoms with Crippen LogP contribution in [0.25, 0.3) is 0 Å². The van der Waals surface area contributed by atoms with E-state index >= 15 is 0 Å². The van der Waals surface area contributed by atoms with Crippen LogP contribution in [0.2, 0.25) is 0 Å². The first-order valence-corrected chi connectivity index (χ1v) is 5.66. The summed E-state index contributed by atoms with van der Waals surface area (Å²) in [7, 11) is 0. The van der Waals surface area contributed by atoms with Gasteiger partial charge in [-0.25, -0.2) is 4.98 Å². The Morgan fingerprint density at radius 3 is 2.88 bits per heavy atom. The van der Waals surface area contributed by atoms with Crippen LogP contribution >= 0.6 is 0 Å². The molecule has 0 unspecified atom stereocenters. The number of nitrogens with zero attached hydrogens (tertiary/aromatic N) is 1. The number of aromatic amines is 1. The normalized spacial score (nSPS) is 17.0. The van der Waals surface area contributed by atoms with Crippen molar-refractivity contribution in [3.8, 4) is 0 Å². The summed E-state index contributed by atoms with van der Waals surface area (Å²) in [4.78, 5) is 18.0. The van der Waals surface area contributed by atoms with Crippen LogP contribution in [0.1, 0.15) is 37.7 Å². The summed E-state index contributed by atoms with van der Waals surface area (Å²) in [5.74, 6) is 0.533. The number of anilines is 1. The monoisotopic (exact) mass is 220 g/mol. The summed E-state index contributed by atoms with van der Waals surface area (Å²) in [6.45, 7) is 0. The van der Waals surface area contributed by atoms with Gasteiger partial charge in [-0.3, -0.25) is 4.79 Å². The summed E-state index contributed by atoms with van der Waals surface area (Å²) < 4.78 is 0. The van der Waals surface area contributed by atoms with Crippen molar-refractivity contribution in [3.63, 3.8) is 0 Å². The second-order valence-corrected chi connectivity index (χ2v) is 4.12. The highest BCUT2D eigenvalue weighted by atomic mass is 16.1. The molecule has 1 aliphatic rings. The fourth-order valence-electron chi connectivity index (χ4n) is 2.10. The maximum atomic E-state index is 11.4. The molecule has 0 aromatic carbocycles. The van der Waals surface area contributed by atoms with E-state index < -0.39 is 0 Å². The Bertz CT molecular complexity index is 420. The SMILES string of the molecule is N=Cc1c(NC2CCCCC2)nc[nH]c1=O. The predicted molar refractivity (Wildman–Crippen MR) is 63.2 cm³/mol. The zero-order valence-corrected chi connectivity index (χ0v) is 9.12. The van der Waals surface area contributed by atoms with Gasteiger partial charge in [0.2, 0.25) is 0 Å².